The molecule has 5 heteroatoms. The lowest BCUT2D eigenvalue weighted by molar-refractivity contribution is -0.147. The lowest BCUT2D eigenvalue weighted by atomic mass is 9.90. The molecule has 1 aromatic carbocycles. The molecule has 1 aliphatic heterocycles. The molecule has 1 fully saturated rings. The van der Waals surface area contributed by atoms with Crippen molar-refractivity contribution in [1.82, 2.24) is 0 Å². The average Bonchev–Trinajstić information content (AvgIpc) is 2.77. The quantitative estimate of drug-likeness (QED) is 0.818. The number of hydrogen-bond acceptors (Lipinski definition) is 4. The van der Waals surface area contributed by atoms with Crippen LogP contribution in [0.1, 0.15) is 26.7 Å². The first-order valence-corrected chi connectivity index (χ1v) is 8.72. The van der Waals surface area contributed by atoms with Crippen molar-refractivity contribution in [3.8, 4) is 5.75 Å². The fourth-order valence-electron chi connectivity index (χ4n) is 3.01. The molecule has 0 saturated carbocycles. The second kappa shape index (κ2) is 7.60. The summed E-state index contributed by atoms with van der Waals surface area (Å²) in [5, 5.41) is 2.86. The number of cyclic esters (lactones) is 1. The predicted molar refractivity (Wildman–Crippen MR) is 99.8 cm³/mol. The predicted octanol–water partition coefficient (Wildman–Crippen LogP) is 3.79. The molecule has 1 aliphatic carbocycles. The van der Waals surface area contributed by atoms with Crippen LogP contribution in [-0.4, -0.2) is 24.1 Å². The zero-order valence-corrected chi connectivity index (χ0v) is 15.0. The number of anilines is 1. The summed E-state index contributed by atoms with van der Waals surface area (Å²) in [6.07, 6.45) is 11.3. The van der Waals surface area contributed by atoms with E-state index in [-0.39, 0.29) is 18.3 Å². The maximum absolute atomic E-state index is 12.5. The van der Waals surface area contributed by atoms with Gasteiger partial charge in [-0.05, 0) is 38.0 Å². The molecular weight excluding hydrogens is 330 g/mol. The van der Waals surface area contributed by atoms with E-state index < -0.39 is 11.5 Å². The van der Waals surface area contributed by atoms with Gasteiger partial charge in [0, 0.05) is 11.8 Å². The van der Waals surface area contributed by atoms with Crippen molar-refractivity contribution in [2.45, 2.75) is 32.3 Å². The Labute approximate surface area is 153 Å². The summed E-state index contributed by atoms with van der Waals surface area (Å²) < 4.78 is 11.0. The highest BCUT2D eigenvalue weighted by atomic mass is 16.6. The number of carbonyl (C=O) groups is 2. The minimum Gasteiger partial charge on any atom is -0.489 e. The maximum Gasteiger partial charge on any atom is 0.307 e. The van der Waals surface area contributed by atoms with Crippen LogP contribution in [0.25, 0.3) is 0 Å². The number of nitrogens with one attached hydrogen (secondary N) is 1. The van der Waals surface area contributed by atoms with E-state index in [1.54, 1.807) is 26.0 Å². The summed E-state index contributed by atoms with van der Waals surface area (Å²) in [6, 6.07) is 7.24. The minimum absolute atomic E-state index is 0.100. The summed E-state index contributed by atoms with van der Waals surface area (Å²) in [6.45, 7) is 3.96. The fraction of sp³-hybridized carbons (Fsp3) is 0.333. The van der Waals surface area contributed by atoms with Crippen molar-refractivity contribution < 1.29 is 19.1 Å². The Morgan fingerprint density at radius 2 is 2.19 bits per heavy atom. The first-order chi connectivity index (χ1) is 12.4. The van der Waals surface area contributed by atoms with Crippen molar-refractivity contribution in [3.63, 3.8) is 0 Å². The largest absolute Gasteiger partial charge is 0.489 e. The van der Waals surface area contributed by atoms with Gasteiger partial charge < -0.3 is 14.8 Å². The van der Waals surface area contributed by atoms with Gasteiger partial charge in [0.15, 0.2) is 0 Å². The Bertz CT molecular complexity index is 789. The van der Waals surface area contributed by atoms with Gasteiger partial charge in [-0.2, -0.15) is 0 Å². The highest BCUT2D eigenvalue weighted by Crippen LogP contribution is 2.33. The van der Waals surface area contributed by atoms with Crippen molar-refractivity contribution in [1.29, 1.82) is 0 Å². The van der Waals surface area contributed by atoms with Crippen molar-refractivity contribution in [3.05, 3.63) is 60.2 Å². The fourth-order valence-corrected chi connectivity index (χ4v) is 3.01. The molecule has 1 amide bonds. The molecule has 0 aromatic heterocycles. The lowest BCUT2D eigenvalue weighted by Gasteiger charge is -2.23. The molecule has 1 atom stereocenters. The zero-order chi connectivity index (χ0) is 18.6. The zero-order valence-electron chi connectivity index (χ0n) is 15.0. The van der Waals surface area contributed by atoms with Crippen LogP contribution in [0.5, 0.6) is 5.75 Å². The van der Waals surface area contributed by atoms with Crippen LogP contribution >= 0.6 is 0 Å². The third kappa shape index (κ3) is 4.42. The SMILES string of the molecule is CC1(C)OC(=O)CC1C(=O)Nc1cccc(OCC2=CC=CCC=C2)c1. The molecule has 0 bridgehead atoms. The molecule has 1 aromatic rings. The third-order valence-corrected chi connectivity index (χ3v) is 4.46. The number of rotatable bonds is 5. The van der Waals surface area contributed by atoms with Crippen LogP contribution in [0.15, 0.2) is 60.2 Å². The number of esters is 1. The third-order valence-electron chi connectivity index (χ3n) is 4.46. The number of benzene rings is 1. The summed E-state index contributed by atoms with van der Waals surface area (Å²) in [5.41, 5.74) is 0.922. The van der Waals surface area contributed by atoms with Crippen molar-refractivity contribution >= 4 is 17.6 Å². The monoisotopic (exact) mass is 353 g/mol. The highest BCUT2D eigenvalue weighted by Gasteiger charge is 2.46. The van der Waals surface area contributed by atoms with Gasteiger partial charge in [0.05, 0.1) is 12.3 Å². The molecule has 26 heavy (non-hydrogen) atoms. The van der Waals surface area contributed by atoms with Crippen LogP contribution in [-0.2, 0) is 14.3 Å². The van der Waals surface area contributed by atoms with E-state index >= 15 is 0 Å². The Kier molecular flexibility index (Phi) is 5.26. The molecule has 2 aliphatic rings. The van der Waals surface area contributed by atoms with E-state index in [9.17, 15) is 9.59 Å². The smallest absolute Gasteiger partial charge is 0.307 e. The van der Waals surface area contributed by atoms with Gasteiger partial charge >= 0.3 is 5.97 Å². The van der Waals surface area contributed by atoms with Crippen LogP contribution in [0.3, 0.4) is 0 Å². The molecular formula is C21H23NO4. The first-order valence-electron chi connectivity index (χ1n) is 8.72. The van der Waals surface area contributed by atoms with Crippen LogP contribution in [0.2, 0.25) is 0 Å². The molecule has 1 heterocycles. The maximum atomic E-state index is 12.5. The molecule has 1 saturated heterocycles. The molecule has 3 rings (SSSR count). The van der Waals surface area contributed by atoms with Gasteiger partial charge in [-0.3, -0.25) is 9.59 Å². The number of amides is 1. The Morgan fingerprint density at radius 1 is 1.35 bits per heavy atom. The second-order valence-corrected chi connectivity index (χ2v) is 6.95. The summed E-state index contributed by atoms with van der Waals surface area (Å²) >= 11 is 0. The first kappa shape index (κ1) is 18.0. The van der Waals surface area contributed by atoms with E-state index in [1.807, 2.05) is 30.4 Å². The summed E-state index contributed by atoms with van der Waals surface area (Å²) in [5.74, 6) is -0.403. The Hall–Kier alpha value is -2.82. The van der Waals surface area contributed by atoms with E-state index in [1.165, 1.54) is 0 Å². The average molecular weight is 353 g/mol. The second-order valence-electron chi connectivity index (χ2n) is 6.95. The van der Waals surface area contributed by atoms with Crippen LogP contribution in [0.4, 0.5) is 5.69 Å². The Morgan fingerprint density at radius 3 is 2.96 bits per heavy atom. The van der Waals surface area contributed by atoms with Crippen LogP contribution in [0, 0.1) is 5.92 Å². The molecule has 1 N–H and O–H groups in total. The summed E-state index contributed by atoms with van der Waals surface area (Å²) in [4.78, 5) is 24.0. The molecule has 136 valence electrons. The number of allylic oxidation sites excluding steroid dienone is 4. The van der Waals surface area contributed by atoms with E-state index in [4.69, 9.17) is 9.47 Å². The van der Waals surface area contributed by atoms with Gasteiger partial charge in [0.2, 0.25) is 5.91 Å². The van der Waals surface area contributed by atoms with Crippen molar-refractivity contribution in [2.75, 3.05) is 11.9 Å². The normalized spacial score (nSPS) is 20.9. The van der Waals surface area contributed by atoms with E-state index in [2.05, 4.69) is 17.5 Å². The van der Waals surface area contributed by atoms with Gasteiger partial charge in [-0.25, -0.2) is 0 Å². The topological polar surface area (TPSA) is 64.6 Å². The standard InChI is InChI=1S/C21H23NO4/c1-21(2)18(13-19(23)26-21)20(24)22-16-10-7-11-17(12-16)25-14-15-8-5-3-4-6-9-15/h3,5-12,18H,4,13-14H2,1-2H3,(H,22,24). The Balaban J connectivity index is 1.62. The lowest BCUT2D eigenvalue weighted by Crippen LogP contribution is -2.36. The molecule has 0 radical (unpaired) electrons. The highest BCUT2D eigenvalue weighted by molar-refractivity contribution is 5.97. The van der Waals surface area contributed by atoms with Crippen molar-refractivity contribution in [2.24, 2.45) is 5.92 Å². The molecule has 0 spiro atoms. The van der Waals surface area contributed by atoms with Gasteiger partial charge in [0.25, 0.3) is 0 Å². The van der Waals surface area contributed by atoms with Gasteiger partial charge in [-0.15, -0.1) is 0 Å². The van der Waals surface area contributed by atoms with Gasteiger partial charge in [0.1, 0.15) is 18.0 Å². The molecule has 1 unspecified atom stereocenters. The van der Waals surface area contributed by atoms with Crippen LogP contribution < -0.4 is 10.1 Å². The summed E-state index contributed by atoms with van der Waals surface area (Å²) in [7, 11) is 0. The number of hydrogen-bond donors (Lipinski definition) is 1. The number of carbonyl (C=O) groups excluding carboxylic acids is 2. The van der Waals surface area contributed by atoms with E-state index in [0.29, 0.717) is 18.0 Å². The molecule has 5 nitrogen and oxygen atoms in total. The van der Waals surface area contributed by atoms with E-state index in [0.717, 1.165) is 12.0 Å². The van der Waals surface area contributed by atoms with Gasteiger partial charge in [-0.1, -0.05) is 36.4 Å². The minimum atomic E-state index is -0.791. The number of ether oxygens (including phenoxy) is 2.